The Morgan fingerprint density at radius 2 is 2.11 bits per heavy atom. The minimum Gasteiger partial charge on any atom is -0.492 e. The third-order valence-electron chi connectivity index (χ3n) is 4.82. The van der Waals surface area contributed by atoms with Crippen LogP contribution < -0.4 is 14.9 Å². The number of benzene rings is 1. The zero-order chi connectivity index (χ0) is 20.3. The normalized spacial score (nSPS) is 15.2. The quantitative estimate of drug-likeness (QED) is 0.511. The van der Waals surface area contributed by atoms with E-state index in [1.165, 1.54) is 13.0 Å². The minimum atomic E-state index is -0.308. The Kier molecular flexibility index (Phi) is 6.42. The van der Waals surface area contributed by atoms with E-state index >= 15 is 0 Å². The Balaban J connectivity index is 2.07. The lowest BCUT2D eigenvalue weighted by atomic mass is 10.1. The van der Waals surface area contributed by atoms with E-state index in [1.807, 2.05) is 11.5 Å². The van der Waals surface area contributed by atoms with Crippen molar-refractivity contribution in [1.29, 1.82) is 0 Å². The van der Waals surface area contributed by atoms with Crippen molar-refractivity contribution in [2.45, 2.75) is 32.7 Å². The number of hydrogen-bond donors (Lipinski definition) is 0. The van der Waals surface area contributed by atoms with Gasteiger partial charge in [-0.2, -0.15) is 0 Å². The van der Waals surface area contributed by atoms with Crippen LogP contribution in [0.4, 0.5) is 0 Å². The molecule has 1 aromatic carbocycles. The molecule has 150 valence electrons. The summed E-state index contributed by atoms with van der Waals surface area (Å²) in [5.74, 6) is 0.880. The van der Waals surface area contributed by atoms with E-state index < -0.39 is 0 Å². The number of carbonyl (C=O) groups is 1. The lowest BCUT2D eigenvalue weighted by Gasteiger charge is -2.20. The number of methoxy groups -OCH3 is 1. The number of nitrogens with zero attached hydrogens (tertiary/aromatic N) is 1. The van der Waals surface area contributed by atoms with Gasteiger partial charge in [-0.05, 0) is 19.4 Å². The van der Waals surface area contributed by atoms with Crippen molar-refractivity contribution in [2.75, 3.05) is 26.9 Å². The fourth-order valence-corrected chi connectivity index (χ4v) is 3.48. The lowest BCUT2D eigenvalue weighted by molar-refractivity contribution is 0.101. The number of hydrogen-bond acceptors (Lipinski definition) is 5. The van der Waals surface area contributed by atoms with Gasteiger partial charge in [-0.1, -0.05) is 18.5 Å². The second-order valence-electron chi connectivity index (χ2n) is 6.75. The van der Waals surface area contributed by atoms with Gasteiger partial charge in [0.15, 0.2) is 11.2 Å². The van der Waals surface area contributed by atoms with E-state index in [9.17, 15) is 9.59 Å². The predicted octanol–water partition coefficient (Wildman–Crippen LogP) is 4.13. The summed E-state index contributed by atoms with van der Waals surface area (Å²) in [4.78, 5) is 24.3. The van der Waals surface area contributed by atoms with Gasteiger partial charge in [0.2, 0.25) is 0 Å². The molecule has 0 fully saturated rings. The molecule has 0 aliphatic carbocycles. The highest BCUT2D eigenvalue weighted by molar-refractivity contribution is 6.32. The van der Waals surface area contributed by atoms with Crippen LogP contribution in [0, 0.1) is 0 Å². The number of rotatable bonds is 7. The molecule has 0 saturated carbocycles. The van der Waals surface area contributed by atoms with E-state index in [2.05, 4.69) is 0 Å². The van der Waals surface area contributed by atoms with Crippen LogP contribution in [0.1, 0.15) is 43.1 Å². The van der Waals surface area contributed by atoms with Gasteiger partial charge in [-0.25, -0.2) is 0 Å². The highest BCUT2D eigenvalue weighted by atomic mass is 35.5. The predicted molar refractivity (Wildman–Crippen MR) is 108 cm³/mol. The van der Waals surface area contributed by atoms with Gasteiger partial charge in [-0.3, -0.25) is 9.59 Å². The monoisotopic (exact) mass is 405 g/mol. The Hall–Kier alpha value is -2.31. The number of halogens is 1. The zero-order valence-corrected chi connectivity index (χ0v) is 17.0. The second-order valence-corrected chi connectivity index (χ2v) is 7.15. The van der Waals surface area contributed by atoms with E-state index in [-0.39, 0.29) is 22.8 Å². The highest BCUT2D eigenvalue weighted by Gasteiger charge is 2.25. The maximum absolute atomic E-state index is 12.5. The minimum absolute atomic E-state index is 0.00838. The van der Waals surface area contributed by atoms with Crippen molar-refractivity contribution >= 4 is 17.4 Å². The van der Waals surface area contributed by atoms with Crippen LogP contribution in [0.3, 0.4) is 0 Å². The molecule has 6 nitrogen and oxygen atoms in total. The molecule has 0 spiro atoms. The zero-order valence-electron chi connectivity index (χ0n) is 16.3. The van der Waals surface area contributed by atoms with Gasteiger partial charge < -0.3 is 18.8 Å². The fourth-order valence-electron chi connectivity index (χ4n) is 3.26. The van der Waals surface area contributed by atoms with Crippen molar-refractivity contribution in [3.05, 3.63) is 45.2 Å². The van der Waals surface area contributed by atoms with E-state index in [4.69, 9.17) is 25.8 Å². The summed E-state index contributed by atoms with van der Waals surface area (Å²) in [6.45, 7) is 4.93. The van der Waals surface area contributed by atoms with Gasteiger partial charge in [-0.15, -0.1) is 0 Å². The Morgan fingerprint density at radius 3 is 2.79 bits per heavy atom. The number of fused-ring (bicyclic) bond motifs is 3. The van der Waals surface area contributed by atoms with E-state index in [0.717, 1.165) is 12.8 Å². The summed E-state index contributed by atoms with van der Waals surface area (Å²) in [5, 5.41) is 0.435. The molecule has 0 amide bonds. The number of ether oxygens (including phenoxy) is 3. The first-order valence-corrected chi connectivity index (χ1v) is 9.69. The first-order chi connectivity index (χ1) is 13.5. The fraction of sp³-hybridized carbons (Fsp3) is 0.429. The van der Waals surface area contributed by atoms with Crippen LogP contribution in [0.5, 0.6) is 11.5 Å². The second kappa shape index (κ2) is 8.80. The van der Waals surface area contributed by atoms with Gasteiger partial charge in [0, 0.05) is 44.0 Å². The van der Waals surface area contributed by atoms with Gasteiger partial charge in [0.1, 0.15) is 18.1 Å². The molecule has 0 unspecified atom stereocenters. The molecule has 1 aromatic heterocycles. The van der Waals surface area contributed by atoms with Crippen molar-refractivity contribution in [2.24, 2.45) is 0 Å². The number of Topliss-reactive ketones (excluding diaryl/α,β-unsaturated/α-hetero) is 1. The molecule has 0 saturated heterocycles. The molecule has 0 bridgehead atoms. The highest BCUT2D eigenvalue weighted by Crippen LogP contribution is 2.41. The average Bonchev–Trinajstić information content (AvgIpc) is 2.81. The van der Waals surface area contributed by atoms with Crippen molar-refractivity contribution in [3.8, 4) is 22.8 Å². The standard InChI is InChI=1S/C21H24ClNO5/c1-4-14-12-28-20-10-21(27-7-5-6-26-3)17(22)8-15(20)18-9-19(25)16(13(2)24)11-23(14)18/h8-11,14H,4-7,12H2,1-3H3/t14-/m1/s1. The summed E-state index contributed by atoms with van der Waals surface area (Å²) in [6, 6.07) is 4.99. The topological polar surface area (TPSA) is 66.8 Å². The van der Waals surface area contributed by atoms with Crippen molar-refractivity contribution in [1.82, 2.24) is 4.57 Å². The molecule has 7 heteroatoms. The molecule has 0 N–H and O–H groups in total. The molecule has 1 aliphatic rings. The summed E-state index contributed by atoms with van der Waals surface area (Å²) < 4.78 is 18.8. The number of pyridine rings is 1. The largest absolute Gasteiger partial charge is 0.492 e. The Bertz CT molecular complexity index is 937. The van der Waals surface area contributed by atoms with E-state index in [0.29, 0.717) is 47.6 Å². The third-order valence-corrected chi connectivity index (χ3v) is 5.11. The molecule has 2 aromatic rings. The Morgan fingerprint density at radius 1 is 1.32 bits per heavy atom. The molecular weight excluding hydrogens is 382 g/mol. The summed E-state index contributed by atoms with van der Waals surface area (Å²) in [6.07, 6.45) is 3.17. The smallest absolute Gasteiger partial charge is 0.192 e. The van der Waals surface area contributed by atoms with Crippen LogP contribution >= 0.6 is 11.6 Å². The van der Waals surface area contributed by atoms with Crippen molar-refractivity contribution < 1.29 is 19.0 Å². The summed E-state index contributed by atoms with van der Waals surface area (Å²) in [7, 11) is 1.64. The van der Waals surface area contributed by atoms with Gasteiger partial charge in [0.25, 0.3) is 0 Å². The third kappa shape index (κ3) is 4.08. The molecule has 3 rings (SSSR count). The van der Waals surface area contributed by atoms with Crippen LogP contribution in [0.25, 0.3) is 11.3 Å². The van der Waals surface area contributed by atoms with Gasteiger partial charge >= 0.3 is 0 Å². The lowest BCUT2D eigenvalue weighted by Crippen LogP contribution is -2.21. The number of aromatic nitrogens is 1. The van der Waals surface area contributed by atoms with E-state index in [1.54, 1.807) is 25.4 Å². The summed E-state index contributed by atoms with van der Waals surface area (Å²) >= 11 is 6.43. The molecule has 1 atom stereocenters. The molecule has 1 aliphatic heterocycles. The van der Waals surface area contributed by atoms with Crippen LogP contribution in [-0.4, -0.2) is 37.3 Å². The first-order valence-electron chi connectivity index (χ1n) is 9.31. The SMILES string of the molecule is CC[C@@H]1COc2cc(OCCCOC)c(Cl)cc2-c2cc(=O)c(C(C)=O)cn21. The maximum Gasteiger partial charge on any atom is 0.192 e. The number of ketones is 1. The van der Waals surface area contributed by atoms with Gasteiger partial charge in [0.05, 0.1) is 28.9 Å². The van der Waals surface area contributed by atoms with Crippen molar-refractivity contribution in [3.63, 3.8) is 0 Å². The maximum atomic E-state index is 12.5. The molecule has 0 radical (unpaired) electrons. The van der Waals surface area contributed by atoms with Crippen LogP contribution in [-0.2, 0) is 4.74 Å². The molecule has 2 heterocycles. The summed E-state index contributed by atoms with van der Waals surface area (Å²) in [5.41, 5.74) is 1.26. The van der Waals surface area contributed by atoms with Crippen LogP contribution in [0.2, 0.25) is 5.02 Å². The number of carbonyl (C=O) groups excluding carboxylic acids is 1. The Labute approximate surface area is 169 Å². The molecular formula is C21H24ClNO5. The average molecular weight is 406 g/mol. The first kappa shape index (κ1) is 20.4. The van der Waals surface area contributed by atoms with Crippen LogP contribution in [0.15, 0.2) is 29.2 Å². The molecule has 28 heavy (non-hydrogen) atoms.